The van der Waals surface area contributed by atoms with Crippen LogP contribution in [0.3, 0.4) is 0 Å². The molecule has 2 atom stereocenters. The van der Waals surface area contributed by atoms with Gasteiger partial charge in [-0.15, -0.1) is 0 Å². The Balaban J connectivity index is 2.32. The summed E-state index contributed by atoms with van der Waals surface area (Å²) >= 11 is 5.97. The molecule has 0 saturated heterocycles. The first-order chi connectivity index (χ1) is 8.08. The van der Waals surface area contributed by atoms with Gasteiger partial charge in [0.15, 0.2) is 5.60 Å². The number of rotatable bonds is 2. The van der Waals surface area contributed by atoms with Gasteiger partial charge in [-0.05, 0) is 50.2 Å². The molecular formula is C13H17ClO3. The van der Waals surface area contributed by atoms with E-state index in [1.54, 1.807) is 13.0 Å². The Hall–Kier alpha value is -0.800. The summed E-state index contributed by atoms with van der Waals surface area (Å²) in [6, 6.07) is 0. The Labute approximate surface area is 106 Å². The topological polar surface area (TPSA) is 46.5 Å². The van der Waals surface area contributed by atoms with Crippen LogP contribution in [0.15, 0.2) is 22.8 Å². The number of carbonyl (C=O) groups is 1. The molecule has 0 aliphatic heterocycles. The molecule has 0 bridgehead atoms. The summed E-state index contributed by atoms with van der Waals surface area (Å²) in [6.07, 6.45) is 6.72. The third-order valence-corrected chi connectivity index (χ3v) is 3.78. The van der Waals surface area contributed by atoms with Gasteiger partial charge in [-0.1, -0.05) is 17.7 Å². The highest BCUT2D eigenvalue weighted by atomic mass is 35.5. The quantitative estimate of drug-likeness (QED) is 0.773. The Kier molecular flexibility index (Phi) is 3.59. The standard InChI is InChI=1S/C13H17ClO3/c1-2-17-12(15)13(16)7-3-4-9-5-6-10(14)8-11(9)13/h6,8-9,16H,2-5,7H2,1H3. The van der Waals surface area contributed by atoms with Crippen LogP contribution in [0, 0.1) is 5.92 Å². The van der Waals surface area contributed by atoms with Gasteiger partial charge in [0, 0.05) is 5.03 Å². The highest BCUT2D eigenvalue weighted by Gasteiger charge is 2.47. The zero-order chi connectivity index (χ0) is 12.5. The van der Waals surface area contributed by atoms with Crippen LogP contribution in [0.25, 0.3) is 0 Å². The minimum Gasteiger partial charge on any atom is -0.464 e. The number of aliphatic hydroxyl groups is 1. The number of allylic oxidation sites excluding steroid dienone is 3. The summed E-state index contributed by atoms with van der Waals surface area (Å²) in [6.45, 7) is 2.02. The van der Waals surface area contributed by atoms with Crippen LogP contribution in [0.2, 0.25) is 0 Å². The molecule has 1 saturated carbocycles. The number of hydrogen-bond donors (Lipinski definition) is 1. The molecule has 2 aliphatic rings. The molecule has 2 rings (SSSR count). The van der Waals surface area contributed by atoms with E-state index >= 15 is 0 Å². The van der Waals surface area contributed by atoms with Crippen molar-refractivity contribution in [2.45, 2.75) is 38.2 Å². The number of halogens is 1. The Morgan fingerprint density at radius 2 is 2.47 bits per heavy atom. The fourth-order valence-corrected chi connectivity index (χ4v) is 2.86. The number of ether oxygens (including phenoxy) is 1. The fraction of sp³-hybridized carbons (Fsp3) is 0.615. The van der Waals surface area contributed by atoms with Crippen molar-refractivity contribution in [3.8, 4) is 0 Å². The van der Waals surface area contributed by atoms with Crippen molar-refractivity contribution in [2.75, 3.05) is 6.61 Å². The molecule has 0 amide bonds. The van der Waals surface area contributed by atoms with Gasteiger partial charge in [-0.3, -0.25) is 0 Å². The maximum atomic E-state index is 11.9. The average Bonchev–Trinajstić information content (AvgIpc) is 2.31. The molecule has 94 valence electrons. The van der Waals surface area contributed by atoms with E-state index in [4.69, 9.17) is 16.3 Å². The molecule has 3 nitrogen and oxygen atoms in total. The van der Waals surface area contributed by atoms with E-state index in [0.29, 0.717) is 11.5 Å². The molecule has 2 unspecified atom stereocenters. The van der Waals surface area contributed by atoms with Crippen molar-refractivity contribution in [3.05, 3.63) is 22.8 Å². The molecule has 0 spiro atoms. The van der Waals surface area contributed by atoms with E-state index in [9.17, 15) is 9.90 Å². The smallest absolute Gasteiger partial charge is 0.342 e. The molecule has 17 heavy (non-hydrogen) atoms. The summed E-state index contributed by atoms with van der Waals surface area (Å²) in [5, 5.41) is 11.2. The van der Waals surface area contributed by atoms with Gasteiger partial charge < -0.3 is 9.84 Å². The van der Waals surface area contributed by atoms with Crippen molar-refractivity contribution in [2.24, 2.45) is 5.92 Å². The van der Waals surface area contributed by atoms with E-state index in [2.05, 4.69) is 0 Å². The first-order valence-corrected chi connectivity index (χ1v) is 6.43. The van der Waals surface area contributed by atoms with Gasteiger partial charge in [0.25, 0.3) is 0 Å². The molecule has 1 fully saturated rings. The summed E-state index contributed by atoms with van der Waals surface area (Å²) in [5.41, 5.74) is -0.734. The van der Waals surface area contributed by atoms with E-state index in [-0.39, 0.29) is 12.5 Å². The predicted molar refractivity (Wildman–Crippen MR) is 65.6 cm³/mol. The first kappa shape index (κ1) is 12.7. The van der Waals surface area contributed by atoms with Crippen LogP contribution < -0.4 is 0 Å². The van der Waals surface area contributed by atoms with Gasteiger partial charge in [0.05, 0.1) is 6.61 Å². The Bertz CT molecular complexity index is 386. The van der Waals surface area contributed by atoms with Crippen molar-refractivity contribution < 1.29 is 14.6 Å². The lowest BCUT2D eigenvalue weighted by molar-refractivity contribution is -0.163. The summed E-state index contributed by atoms with van der Waals surface area (Å²) in [4.78, 5) is 11.9. The van der Waals surface area contributed by atoms with E-state index < -0.39 is 11.6 Å². The lowest BCUT2D eigenvalue weighted by atomic mass is 9.70. The maximum absolute atomic E-state index is 11.9. The monoisotopic (exact) mass is 256 g/mol. The molecule has 0 aromatic carbocycles. The van der Waals surface area contributed by atoms with Crippen molar-refractivity contribution in [3.63, 3.8) is 0 Å². The maximum Gasteiger partial charge on any atom is 0.342 e. The molecule has 0 aromatic heterocycles. The van der Waals surface area contributed by atoms with Crippen LogP contribution >= 0.6 is 11.6 Å². The van der Waals surface area contributed by atoms with Crippen molar-refractivity contribution >= 4 is 17.6 Å². The van der Waals surface area contributed by atoms with Crippen LogP contribution in [0.4, 0.5) is 0 Å². The molecule has 0 radical (unpaired) electrons. The number of fused-ring (bicyclic) bond motifs is 1. The minimum absolute atomic E-state index is 0.223. The lowest BCUT2D eigenvalue weighted by Gasteiger charge is -2.39. The molecule has 0 heterocycles. The number of hydrogen-bond acceptors (Lipinski definition) is 3. The second kappa shape index (κ2) is 4.83. The van der Waals surface area contributed by atoms with Crippen LogP contribution in [-0.4, -0.2) is 23.3 Å². The molecule has 2 aliphatic carbocycles. The lowest BCUT2D eigenvalue weighted by Crippen LogP contribution is -2.47. The van der Waals surface area contributed by atoms with E-state index in [1.165, 1.54) is 0 Å². The highest BCUT2D eigenvalue weighted by Crippen LogP contribution is 2.43. The normalized spacial score (nSPS) is 32.3. The zero-order valence-electron chi connectivity index (χ0n) is 9.91. The Morgan fingerprint density at radius 3 is 3.18 bits per heavy atom. The second-order valence-corrected chi connectivity index (χ2v) is 5.03. The largest absolute Gasteiger partial charge is 0.464 e. The second-order valence-electron chi connectivity index (χ2n) is 4.59. The van der Waals surface area contributed by atoms with Crippen LogP contribution in [0.1, 0.15) is 32.6 Å². The van der Waals surface area contributed by atoms with Gasteiger partial charge in [0.1, 0.15) is 0 Å². The van der Waals surface area contributed by atoms with E-state index in [0.717, 1.165) is 24.8 Å². The van der Waals surface area contributed by atoms with E-state index in [1.807, 2.05) is 6.08 Å². The van der Waals surface area contributed by atoms with Gasteiger partial charge >= 0.3 is 5.97 Å². The van der Waals surface area contributed by atoms with Gasteiger partial charge in [-0.25, -0.2) is 4.79 Å². The van der Waals surface area contributed by atoms with Gasteiger partial charge in [-0.2, -0.15) is 0 Å². The third kappa shape index (κ3) is 2.26. The van der Waals surface area contributed by atoms with Crippen molar-refractivity contribution in [1.82, 2.24) is 0 Å². The SMILES string of the molecule is CCOC(=O)C1(O)CCCC2CC=C(Cl)C=C21. The highest BCUT2D eigenvalue weighted by molar-refractivity contribution is 6.31. The fourth-order valence-electron chi connectivity index (χ4n) is 2.66. The minimum atomic E-state index is -1.46. The zero-order valence-corrected chi connectivity index (χ0v) is 10.7. The summed E-state index contributed by atoms with van der Waals surface area (Å²) < 4.78 is 4.98. The van der Waals surface area contributed by atoms with Gasteiger partial charge in [0.2, 0.25) is 0 Å². The molecule has 0 aromatic rings. The number of esters is 1. The predicted octanol–water partition coefficient (Wildman–Crippen LogP) is 2.53. The van der Waals surface area contributed by atoms with Crippen LogP contribution in [0.5, 0.6) is 0 Å². The molecule has 1 N–H and O–H groups in total. The van der Waals surface area contributed by atoms with Crippen LogP contribution in [-0.2, 0) is 9.53 Å². The Morgan fingerprint density at radius 1 is 1.71 bits per heavy atom. The average molecular weight is 257 g/mol. The summed E-state index contributed by atoms with van der Waals surface area (Å²) in [7, 11) is 0. The van der Waals surface area contributed by atoms with Crippen molar-refractivity contribution in [1.29, 1.82) is 0 Å². The summed E-state index contributed by atoms with van der Waals surface area (Å²) in [5.74, 6) is -0.317. The first-order valence-electron chi connectivity index (χ1n) is 6.05. The molecular weight excluding hydrogens is 240 g/mol. The molecule has 4 heteroatoms. The number of carbonyl (C=O) groups excluding carboxylic acids is 1. The third-order valence-electron chi connectivity index (χ3n) is 3.51.